The van der Waals surface area contributed by atoms with E-state index in [9.17, 15) is 4.79 Å². The summed E-state index contributed by atoms with van der Waals surface area (Å²) in [6, 6.07) is 0. The van der Waals surface area contributed by atoms with Crippen LogP contribution >= 0.6 is 11.3 Å². The zero-order valence-electron chi connectivity index (χ0n) is 12.7. The molecule has 2 aromatic heterocycles. The van der Waals surface area contributed by atoms with Crippen LogP contribution in [0.1, 0.15) is 16.3 Å². The molecule has 0 spiro atoms. The molecule has 2 rings (SSSR count). The maximum atomic E-state index is 11.7. The molecule has 2 N–H and O–H groups in total. The molecule has 114 valence electrons. The first-order valence-corrected chi connectivity index (χ1v) is 7.58. The number of ether oxygens (including phenoxy) is 1. The Bertz CT molecular complexity index is 654. The van der Waals surface area contributed by atoms with Gasteiger partial charge in [0.05, 0.1) is 18.5 Å². The first-order valence-electron chi connectivity index (χ1n) is 6.76. The molecule has 2 heterocycles. The normalized spacial score (nSPS) is 10.9. The van der Waals surface area contributed by atoms with Crippen molar-refractivity contribution >= 4 is 33.3 Å². The Labute approximate surface area is 127 Å². The lowest BCUT2D eigenvalue weighted by Crippen LogP contribution is -2.32. The number of anilines is 1. The van der Waals surface area contributed by atoms with E-state index in [-0.39, 0.29) is 12.5 Å². The summed E-state index contributed by atoms with van der Waals surface area (Å²) < 4.78 is 4.89. The van der Waals surface area contributed by atoms with Gasteiger partial charge in [-0.3, -0.25) is 4.79 Å². The molecule has 0 aliphatic rings. The van der Waals surface area contributed by atoms with E-state index in [1.165, 1.54) is 4.88 Å². The summed E-state index contributed by atoms with van der Waals surface area (Å²) >= 11 is 1.65. The number of nitrogens with one attached hydrogen (secondary N) is 2. The predicted molar refractivity (Wildman–Crippen MR) is 85.0 cm³/mol. The fourth-order valence-corrected chi connectivity index (χ4v) is 3.08. The van der Waals surface area contributed by atoms with E-state index in [1.54, 1.807) is 18.4 Å². The van der Waals surface area contributed by atoms with Crippen molar-refractivity contribution in [3.8, 4) is 0 Å². The van der Waals surface area contributed by atoms with Crippen LogP contribution in [0.4, 0.5) is 5.82 Å². The van der Waals surface area contributed by atoms with Gasteiger partial charge in [-0.15, -0.1) is 11.3 Å². The fraction of sp³-hybridized carbons (Fsp3) is 0.500. The Hall–Kier alpha value is -1.73. The first-order chi connectivity index (χ1) is 10.0. The third kappa shape index (κ3) is 3.68. The quantitative estimate of drug-likeness (QED) is 0.796. The molecule has 0 saturated carbocycles. The maximum absolute atomic E-state index is 11.7. The minimum Gasteiger partial charge on any atom is -0.383 e. The fourth-order valence-electron chi connectivity index (χ4n) is 2.00. The average molecular weight is 308 g/mol. The Morgan fingerprint density at radius 1 is 1.29 bits per heavy atom. The molecule has 0 aromatic carbocycles. The van der Waals surface area contributed by atoms with Crippen LogP contribution in [0.5, 0.6) is 0 Å². The van der Waals surface area contributed by atoms with Gasteiger partial charge in [0.1, 0.15) is 16.5 Å². The number of nitrogens with zero attached hydrogens (tertiary/aromatic N) is 2. The summed E-state index contributed by atoms with van der Waals surface area (Å²) in [5, 5.41) is 6.89. The lowest BCUT2D eigenvalue weighted by Gasteiger charge is -2.09. The number of fused-ring (bicyclic) bond motifs is 1. The van der Waals surface area contributed by atoms with Crippen LogP contribution in [0.25, 0.3) is 10.2 Å². The van der Waals surface area contributed by atoms with Gasteiger partial charge < -0.3 is 15.4 Å². The van der Waals surface area contributed by atoms with Gasteiger partial charge >= 0.3 is 0 Å². The topological polar surface area (TPSA) is 76.1 Å². The Morgan fingerprint density at radius 2 is 2.05 bits per heavy atom. The number of carbonyl (C=O) groups is 1. The summed E-state index contributed by atoms with van der Waals surface area (Å²) in [4.78, 5) is 22.8. The predicted octanol–water partition coefficient (Wildman–Crippen LogP) is 1.79. The number of aromatic nitrogens is 2. The van der Waals surface area contributed by atoms with Crippen molar-refractivity contribution in [1.82, 2.24) is 15.3 Å². The molecule has 21 heavy (non-hydrogen) atoms. The largest absolute Gasteiger partial charge is 0.383 e. The second-order valence-electron chi connectivity index (χ2n) is 4.78. The lowest BCUT2D eigenvalue weighted by atomic mass is 10.2. The molecule has 0 saturated heterocycles. The number of amides is 1. The van der Waals surface area contributed by atoms with Crippen LogP contribution < -0.4 is 10.6 Å². The molecule has 0 aliphatic carbocycles. The van der Waals surface area contributed by atoms with Gasteiger partial charge in [-0.2, -0.15) is 0 Å². The van der Waals surface area contributed by atoms with E-state index < -0.39 is 0 Å². The Balaban J connectivity index is 2.13. The van der Waals surface area contributed by atoms with E-state index in [4.69, 9.17) is 4.74 Å². The summed E-state index contributed by atoms with van der Waals surface area (Å²) in [7, 11) is 1.60. The first kappa shape index (κ1) is 15.7. The second kappa shape index (κ2) is 6.82. The average Bonchev–Trinajstić information content (AvgIpc) is 2.71. The smallest absolute Gasteiger partial charge is 0.239 e. The molecule has 1 amide bonds. The van der Waals surface area contributed by atoms with Crippen molar-refractivity contribution in [3.63, 3.8) is 0 Å². The van der Waals surface area contributed by atoms with Gasteiger partial charge in [0.15, 0.2) is 0 Å². The van der Waals surface area contributed by atoms with Crippen molar-refractivity contribution in [3.05, 3.63) is 16.3 Å². The zero-order valence-corrected chi connectivity index (χ0v) is 13.6. The number of thiophene rings is 1. The lowest BCUT2D eigenvalue weighted by molar-refractivity contribution is -0.119. The molecule has 7 heteroatoms. The minimum atomic E-state index is -0.0823. The van der Waals surface area contributed by atoms with Gasteiger partial charge in [-0.1, -0.05) is 0 Å². The van der Waals surface area contributed by atoms with Crippen molar-refractivity contribution in [2.24, 2.45) is 0 Å². The highest BCUT2D eigenvalue weighted by molar-refractivity contribution is 7.18. The molecule has 0 atom stereocenters. The molecular formula is C14H20N4O2S. The van der Waals surface area contributed by atoms with E-state index in [1.807, 2.05) is 6.92 Å². The number of rotatable bonds is 6. The minimum absolute atomic E-state index is 0.0823. The maximum Gasteiger partial charge on any atom is 0.239 e. The molecular weight excluding hydrogens is 288 g/mol. The number of methoxy groups -OCH3 is 1. The summed E-state index contributed by atoms with van der Waals surface area (Å²) in [5.41, 5.74) is 1.16. The third-order valence-corrected chi connectivity index (χ3v) is 4.29. The molecule has 2 aromatic rings. The molecule has 0 unspecified atom stereocenters. The third-order valence-electron chi connectivity index (χ3n) is 3.19. The highest BCUT2D eigenvalue weighted by Crippen LogP contribution is 2.32. The van der Waals surface area contributed by atoms with Crippen molar-refractivity contribution in [2.75, 3.05) is 32.1 Å². The van der Waals surface area contributed by atoms with Crippen LogP contribution in [0.3, 0.4) is 0 Å². The molecule has 0 fully saturated rings. The Morgan fingerprint density at radius 3 is 2.76 bits per heavy atom. The van der Waals surface area contributed by atoms with Gasteiger partial charge in [-0.05, 0) is 26.3 Å². The van der Waals surface area contributed by atoms with E-state index in [2.05, 4.69) is 34.4 Å². The number of aryl methyl sites for hydroxylation is 3. The van der Waals surface area contributed by atoms with Gasteiger partial charge in [-0.25, -0.2) is 9.97 Å². The highest BCUT2D eigenvalue weighted by Gasteiger charge is 2.13. The summed E-state index contributed by atoms with van der Waals surface area (Å²) in [6.45, 7) is 7.17. The molecule has 0 aliphatic heterocycles. The highest BCUT2D eigenvalue weighted by atomic mass is 32.1. The SMILES string of the molecule is COCCNC(=O)CNc1nc(C)nc2sc(C)c(C)c12. The van der Waals surface area contributed by atoms with Crippen molar-refractivity contribution in [1.29, 1.82) is 0 Å². The second-order valence-corrected chi connectivity index (χ2v) is 5.98. The summed E-state index contributed by atoms with van der Waals surface area (Å²) in [6.07, 6.45) is 0. The number of carbonyl (C=O) groups excluding carboxylic acids is 1. The van der Waals surface area contributed by atoms with Crippen molar-refractivity contribution in [2.45, 2.75) is 20.8 Å². The van der Waals surface area contributed by atoms with Gasteiger partial charge in [0, 0.05) is 18.5 Å². The zero-order chi connectivity index (χ0) is 15.4. The van der Waals surface area contributed by atoms with Crippen LogP contribution in [-0.4, -0.2) is 42.7 Å². The van der Waals surface area contributed by atoms with Crippen LogP contribution in [0, 0.1) is 20.8 Å². The van der Waals surface area contributed by atoms with E-state index >= 15 is 0 Å². The van der Waals surface area contributed by atoms with Crippen molar-refractivity contribution < 1.29 is 9.53 Å². The number of hydrogen-bond acceptors (Lipinski definition) is 6. The van der Waals surface area contributed by atoms with Crippen LogP contribution in [0.2, 0.25) is 0 Å². The van der Waals surface area contributed by atoms with Crippen LogP contribution in [0.15, 0.2) is 0 Å². The molecule has 0 bridgehead atoms. The van der Waals surface area contributed by atoms with Gasteiger partial charge in [0.25, 0.3) is 0 Å². The monoisotopic (exact) mass is 308 g/mol. The van der Waals surface area contributed by atoms with E-state index in [0.717, 1.165) is 21.6 Å². The number of hydrogen-bond donors (Lipinski definition) is 2. The summed E-state index contributed by atoms with van der Waals surface area (Å²) in [5.74, 6) is 1.34. The molecule has 0 radical (unpaired) electrons. The molecule has 6 nitrogen and oxygen atoms in total. The standard InChI is InChI=1S/C14H20N4O2S/c1-8-9(2)21-14-12(8)13(17-10(3)18-14)16-7-11(19)15-5-6-20-4/h5-7H2,1-4H3,(H,15,19)(H,16,17,18). The Kier molecular flexibility index (Phi) is 5.08. The van der Waals surface area contributed by atoms with Gasteiger partial charge in [0.2, 0.25) is 5.91 Å². The van der Waals surface area contributed by atoms with E-state index in [0.29, 0.717) is 19.0 Å². The van der Waals surface area contributed by atoms with Crippen LogP contribution in [-0.2, 0) is 9.53 Å².